The Hall–Kier alpha value is -2.08. The summed E-state index contributed by atoms with van der Waals surface area (Å²) in [6, 6.07) is 7.45. The fraction of sp³-hybridized carbons (Fsp3) is 0.286. The van der Waals surface area contributed by atoms with Crippen LogP contribution in [0.1, 0.15) is 24.3 Å². The van der Waals surface area contributed by atoms with E-state index in [4.69, 9.17) is 15.2 Å². The van der Waals surface area contributed by atoms with E-state index in [1.165, 1.54) is 18.4 Å². The summed E-state index contributed by atoms with van der Waals surface area (Å²) >= 11 is 1.26. The van der Waals surface area contributed by atoms with Gasteiger partial charge in [0.05, 0.1) is 18.1 Å². The summed E-state index contributed by atoms with van der Waals surface area (Å²) in [4.78, 5) is 16.4. The van der Waals surface area contributed by atoms with Crippen LogP contribution in [0.5, 0.6) is 5.75 Å². The number of rotatable bonds is 4. The molecule has 2 rings (SSSR count). The molecule has 1 heterocycles. The molecular formula is C14H16N2O3S. The number of hydrogen-bond acceptors (Lipinski definition) is 6. The van der Waals surface area contributed by atoms with Crippen LogP contribution in [0.25, 0.3) is 10.4 Å². The summed E-state index contributed by atoms with van der Waals surface area (Å²) in [5.41, 5.74) is 6.78. The highest BCUT2D eigenvalue weighted by atomic mass is 32.1. The van der Waals surface area contributed by atoms with Gasteiger partial charge in [0.15, 0.2) is 10.8 Å². The summed E-state index contributed by atoms with van der Waals surface area (Å²) < 4.78 is 10.3. The molecule has 5 nitrogen and oxygen atoms in total. The number of nitrogens with zero attached hydrogens (tertiary/aromatic N) is 1. The first-order valence-electron chi connectivity index (χ1n) is 6.13. The summed E-state index contributed by atoms with van der Waals surface area (Å²) in [5.74, 6) is 0.288. The lowest BCUT2D eigenvalue weighted by Crippen LogP contribution is -2.05. The van der Waals surface area contributed by atoms with E-state index in [0.29, 0.717) is 10.0 Å². The van der Waals surface area contributed by atoms with Crippen molar-refractivity contribution < 1.29 is 14.3 Å². The third kappa shape index (κ3) is 3.08. The van der Waals surface area contributed by atoms with Crippen molar-refractivity contribution in [3.05, 3.63) is 30.0 Å². The second-order valence-electron chi connectivity index (χ2n) is 4.41. The third-order valence-electron chi connectivity index (χ3n) is 2.51. The fourth-order valence-corrected chi connectivity index (χ4v) is 2.55. The van der Waals surface area contributed by atoms with Crippen LogP contribution < -0.4 is 10.5 Å². The Labute approximate surface area is 121 Å². The van der Waals surface area contributed by atoms with E-state index in [1.54, 1.807) is 0 Å². The van der Waals surface area contributed by atoms with Gasteiger partial charge in [-0.05, 0) is 43.7 Å². The molecule has 1 aromatic carbocycles. The number of carbonyl (C=O) groups is 1. The molecule has 0 saturated carbocycles. The fourth-order valence-electron chi connectivity index (χ4n) is 1.72. The van der Waals surface area contributed by atoms with Crippen molar-refractivity contribution in [1.29, 1.82) is 0 Å². The van der Waals surface area contributed by atoms with Crippen LogP contribution in [-0.2, 0) is 4.74 Å². The molecule has 20 heavy (non-hydrogen) atoms. The zero-order chi connectivity index (χ0) is 14.7. The van der Waals surface area contributed by atoms with Crippen molar-refractivity contribution in [3.8, 4) is 16.2 Å². The highest BCUT2D eigenvalue weighted by molar-refractivity contribution is 7.19. The van der Waals surface area contributed by atoms with Crippen molar-refractivity contribution in [2.75, 3.05) is 12.8 Å². The van der Waals surface area contributed by atoms with Gasteiger partial charge in [0.1, 0.15) is 5.75 Å². The quantitative estimate of drug-likeness (QED) is 0.877. The van der Waals surface area contributed by atoms with Crippen molar-refractivity contribution >= 4 is 22.4 Å². The number of aromatic nitrogens is 1. The molecule has 0 spiro atoms. The van der Waals surface area contributed by atoms with Gasteiger partial charge >= 0.3 is 5.97 Å². The molecule has 0 atom stereocenters. The predicted octanol–water partition coefficient (Wildman–Crippen LogP) is 2.97. The van der Waals surface area contributed by atoms with Crippen LogP contribution in [-0.4, -0.2) is 24.2 Å². The molecule has 0 aliphatic rings. The van der Waals surface area contributed by atoms with Crippen molar-refractivity contribution in [2.45, 2.75) is 20.0 Å². The maximum atomic E-state index is 11.7. The molecule has 0 radical (unpaired) electrons. The van der Waals surface area contributed by atoms with E-state index in [2.05, 4.69) is 4.98 Å². The minimum absolute atomic E-state index is 0.116. The van der Waals surface area contributed by atoms with E-state index in [9.17, 15) is 4.79 Å². The standard InChI is InChI=1S/C14H16N2O3S/c1-8(2)19-10-6-4-9(5-7-10)12-11(13(17)18-3)16-14(15)20-12/h4-8H,1-3H3,(H2,15,16). The smallest absolute Gasteiger partial charge is 0.358 e. The molecule has 2 N–H and O–H groups in total. The number of benzene rings is 1. The largest absolute Gasteiger partial charge is 0.491 e. The minimum Gasteiger partial charge on any atom is -0.491 e. The lowest BCUT2D eigenvalue weighted by molar-refractivity contribution is 0.0596. The molecular weight excluding hydrogens is 276 g/mol. The number of anilines is 1. The minimum atomic E-state index is -0.490. The molecule has 1 aromatic heterocycles. The molecule has 0 unspecified atom stereocenters. The maximum Gasteiger partial charge on any atom is 0.358 e. The highest BCUT2D eigenvalue weighted by Gasteiger charge is 2.19. The predicted molar refractivity (Wildman–Crippen MR) is 79.1 cm³/mol. The van der Waals surface area contributed by atoms with Crippen molar-refractivity contribution in [1.82, 2.24) is 4.98 Å². The Morgan fingerprint density at radius 2 is 1.95 bits per heavy atom. The van der Waals surface area contributed by atoms with Gasteiger partial charge in [-0.1, -0.05) is 11.3 Å². The zero-order valence-corrected chi connectivity index (χ0v) is 12.4. The van der Waals surface area contributed by atoms with Crippen LogP contribution in [0.15, 0.2) is 24.3 Å². The number of nitrogen functional groups attached to an aromatic ring is 1. The van der Waals surface area contributed by atoms with Gasteiger partial charge in [-0.15, -0.1) is 0 Å². The van der Waals surface area contributed by atoms with Gasteiger partial charge in [-0.2, -0.15) is 0 Å². The van der Waals surface area contributed by atoms with E-state index in [0.717, 1.165) is 11.3 Å². The van der Waals surface area contributed by atoms with E-state index < -0.39 is 5.97 Å². The molecule has 0 saturated heterocycles. The maximum absolute atomic E-state index is 11.7. The lowest BCUT2D eigenvalue weighted by Gasteiger charge is -2.09. The summed E-state index contributed by atoms with van der Waals surface area (Å²) in [7, 11) is 1.32. The van der Waals surface area contributed by atoms with Gasteiger partial charge in [0.2, 0.25) is 0 Å². The average molecular weight is 292 g/mol. The Kier molecular flexibility index (Phi) is 4.24. The first-order chi connectivity index (χ1) is 9.51. The second kappa shape index (κ2) is 5.92. The topological polar surface area (TPSA) is 74.4 Å². The van der Waals surface area contributed by atoms with E-state index in [1.807, 2.05) is 38.1 Å². The normalized spacial score (nSPS) is 10.6. The third-order valence-corrected chi connectivity index (χ3v) is 3.44. The Bertz CT molecular complexity index is 605. The molecule has 0 bridgehead atoms. The highest BCUT2D eigenvalue weighted by Crippen LogP contribution is 2.33. The monoisotopic (exact) mass is 292 g/mol. The number of nitrogens with two attached hydrogens (primary N) is 1. The summed E-state index contributed by atoms with van der Waals surface area (Å²) in [6.07, 6.45) is 0.116. The molecule has 0 aliphatic heterocycles. The van der Waals surface area contributed by atoms with E-state index in [-0.39, 0.29) is 11.8 Å². The Morgan fingerprint density at radius 3 is 2.50 bits per heavy atom. The molecule has 0 aliphatic carbocycles. The van der Waals surface area contributed by atoms with E-state index >= 15 is 0 Å². The first-order valence-corrected chi connectivity index (χ1v) is 6.94. The van der Waals surface area contributed by atoms with Crippen molar-refractivity contribution in [3.63, 3.8) is 0 Å². The number of carbonyl (C=O) groups excluding carboxylic acids is 1. The molecule has 106 valence electrons. The number of hydrogen-bond donors (Lipinski definition) is 1. The van der Waals surface area contributed by atoms with Gasteiger partial charge in [0, 0.05) is 0 Å². The van der Waals surface area contributed by atoms with Crippen LogP contribution in [0, 0.1) is 0 Å². The van der Waals surface area contributed by atoms with Gasteiger partial charge in [-0.3, -0.25) is 0 Å². The van der Waals surface area contributed by atoms with Gasteiger partial charge < -0.3 is 15.2 Å². The average Bonchev–Trinajstić information content (AvgIpc) is 2.80. The molecule has 0 fully saturated rings. The van der Waals surface area contributed by atoms with Gasteiger partial charge in [0.25, 0.3) is 0 Å². The summed E-state index contributed by atoms with van der Waals surface area (Å²) in [6.45, 7) is 3.93. The number of methoxy groups -OCH3 is 1. The van der Waals surface area contributed by atoms with Crippen LogP contribution in [0.2, 0.25) is 0 Å². The molecule has 2 aromatic rings. The Morgan fingerprint density at radius 1 is 1.30 bits per heavy atom. The van der Waals surface area contributed by atoms with Crippen LogP contribution >= 0.6 is 11.3 Å². The molecule has 6 heteroatoms. The van der Waals surface area contributed by atoms with Crippen molar-refractivity contribution in [2.24, 2.45) is 0 Å². The van der Waals surface area contributed by atoms with Gasteiger partial charge in [-0.25, -0.2) is 9.78 Å². The molecule has 0 amide bonds. The van der Waals surface area contributed by atoms with Crippen LogP contribution in [0.3, 0.4) is 0 Å². The lowest BCUT2D eigenvalue weighted by atomic mass is 10.1. The SMILES string of the molecule is COC(=O)c1nc(N)sc1-c1ccc(OC(C)C)cc1. The second-order valence-corrected chi connectivity index (χ2v) is 5.44. The Balaban J connectivity index is 2.34. The van der Waals surface area contributed by atoms with Crippen LogP contribution in [0.4, 0.5) is 5.13 Å². The number of esters is 1. The summed E-state index contributed by atoms with van der Waals surface area (Å²) in [5, 5.41) is 0.336. The number of ether oxygens (including phenoxy) is 2. The number of thiazole rings is 1. The zero-order valence-electron chi connectivity index (χ0n) is 11.5. The first kappa shape index (κ1) is 14.3.